The number of nitrogens with two attached hydrogens (primary N) is 1. The Morgan fingerprint density at radius 1 is 1.28 bits per heavy atom. The largest absolute Gasteiger partial charge is 0.397 e. The van der Waals surface area contributed by atoms with Crippen molar-refractivity contribution in [2.45, 2.75) is 38.6 Å². The Balaban J connectivity index is 1.26. The van der Waals surface area contributed by atoms with Crippen molar-refractivity contribution in [2.24, 2.45) is 5.92 Å². The van der Waals surface area contributed by atoms with E-state index in [4.69, 9.17) is 10.5 Å². The zero-order chi connectivity index (χ0) is 22.2. The van der Waals surface area contributed by atoms with E-state index in [0.717, 1.165) is 54.9 Å². The number of carbonyl (C=O) groups excluding carboxylic acids is 1. The highest BCUT2D eigenvalue weighted by molar-refractivity contribution is 7.21. The van der Waals surface area contributed by atoms with Crippen LogP contribution in [0.15, 0.2) is 30.3 Å². The van der Waals surface area contributed by atoms with Crippen LogP contribution >= 0.6 is 11.3 Å². The van der Waals surface area contributed by atoms with Gasteiger partial charge in [0.2, 0.25) is 0 Å². The lowest BCUT2D eigenvalue weighted by atomic mass is 9.87. The Labute approximate surface area is 192 Å². The second-order valence-corrected chi connectivity index (χ2v) is 10.1. The summed E-state index contributed by atoms with van der Waals surface area (Å²) in [5.74, 6) is 0.533. The van der Waals surface area contributed by atoms with Crippen LogP contribution in [0.1, 0.15) is 39.3 Å². The van der Waals surface area contributed by atoms with Gasteiger partial charge >= 0.3 is 0 Å². The topological polar surface area (TPSA) is 80.5 Å². The van der Waals surface area contributed by atoms with E-state index in [-0.39, 0.29) is 11.9 Å². The lowest BCUT2D eigenvalue weighted by Crippen LogP contribution is -2.38. The predicted octanol–water partition coefficient (Wildman–Crippen LogP) is 3.95. The highest BCUT2D eigenvalue weighted by Gasteiger charge is 2.26. The molecule has 1 aliphatic heterocycles. The Bertz CT molecular complexity index is 1160. The van der Waals surface area contributed by atoms with Crippen LogP contribution in [0.3, 0.4) is 0 Å². The molecule has 32 heavy (non-hydrogen) atoms. The number of rotatable bonds is 5. The highest BCUT2D eigenvalue weighted by Crippen LogP contribution is 2.33. The molecule has 5 rings (SSSR count). The fourth-order valence-electron chi connectivity index (χ4n) is 5.01. The van der Waals surface area contributed by atoms with Gasteiger partial charge in [0.25, 0.3) is 5.91 Å². The third kappa shape index (κ3) is 4.07. The molecule has 7 heteroatoms. The second kappa shape index (κ2) is 8.71. The Morgan fingerprint density at radius 2 is 2.16 bits per heavy atom. The van der Waals surface area contributed by atoms with Crippen molar-refractivity contribution in [1.82, 2.24) is 10.3 Å². The van der Waals surface area contributed by atoms with Crippen LogP contribution in [-0.2, 0) is 17.6 Å². The lowest BCUT2D eigenvalue weighted by molar-refractivity contribution is 0.0938. The van der Waals surface area contributed by atoms with Crippen molar-refractivity contribution >= 4 is 38.8 Å². The quantitative estimate of drug-likeness (QED) is 0.615. The number of thiophene rings is 1. The van der Waals surface area contributed by atoms with Crippen molar-refractivity contribution in [2.75, 3.05) is 37.4 Å². The third-order valence-electron chi connectivity index (χ3n) is 6.75. The number of anilines is 2. The monoisotopic (exact) mass is 450 g/mol. The second-order valence-electron chi connectivity index (χ2n) is 9.07. The number of benzene rings is 1. The maximum absolute atomic E-state index is 13.0. The minimum Gasteiger partial charge on any atom is -0.397 e. The first-order valence-corrected chi connectivity index (χ1v) is 12.2. The number of carbonyl (C=O) groups is 1. The van der Waals surface area contributed by atoms with Gasteiger partial charge in [-0.1, -0.05) is 6.07 Å². The molecule has 168 valence electrons. The minimum absolute atomic E-state index is 0.0884. The first kappa shape index (κ1) is 21.2. The molecule has 3 heterocycles. The fourth-order valence-corrected chi connectivity index (χ4v) is 6.05. The van der Waals surface area contributed by atoms with Crippen LogP contribution in [0.5, 0.6) is 0 Å². The Hall–Kier alpha value is -2.64. The first-order valence-electron chi connectivity index (χ1n) is 11.3. The number of nitrogen functional groups attached to an aromatic ring is 1. The van der Waals surface area contributed by atoms with E-state index in [9.17, 15) is 4.79 Å². The van der Waals surface area contributed by atoms with Crippen LogP contribution in [-0.4, -0.2) is 43.7 Å². The summed E-state index contributed by atoms with van der Waals surface area (Å²) >= 11 is 1.38. The van der Waals surface area contributed by atoms with Gasteiger partial charge in [0.1, 0.15) is 9.71 Å². The number of pyridine rings is 1. The van der Waals surface area contributed by atoms with Crippen LogP contribution in [0.4, 0.5) is 11.4 Å². The van der Waals surface area contributed by atoms with Crippen LogP contribution in [0, 0.1) is 12.8 Å². The summed E-state index contributed by atoms with van der Waals surface area (Å²) in [4.78, 5) is 21.4. The molecule has 1 saturated heterocycles. The van der Waals surface area contributed by atoms with Crippen molar-refractivity contribution in [1.29, 1.82) is 0 Å². The highest BCUT2D eigenvalue weighted by atomic mass is 32.1. The number of fused-ring (bicyclic) bond motifs is 2. The van der Waals surface area contributed by atoms with Crippen molar-refractivity contribution < 1.29 is 9.53 Å². The van der Waals surface area contributed by atoms with Gasteiger partial charge < -0.3 is 20.7 Å². The SMILES string of the molecule is COC[C@@H]1CCN(c2ccc3c(c2)CC[C@H](NC(=O)c2sc4nc(C)ccc4c2N)C3)C1. The van der Waals surface area contributed by atoms with Gasteiger partial charge in [0.05, 0.1) is 12.3 Å². The van der Waals surface area contributed by atoms with Crippen molar-refractivity contribution in [3.63, 3.8) is 0 Å². The lowest BCUT2D eigenvalue weighted by Gasteiger charge is -2.27. The fraction of sp³-hybridized carbons (Fsp3) is 0.440. The smallest absolute Gasteiger partial charge is 0.263 e. The molecule has 0 spiro atoms. The summed E-state index contributed by atoms with van der Waals surface area (Å²) in [7, 11) is 1.78. The molecule has 2 atom stereocenters. The number of aryl methyl sites for hydroxylation is 2. The molecule has 3 N–H and O–H groups in total. The Kier molecular flexibility index (Phi) is 5.78. The maximum atomic E-state index is 13.0. The summed E-state index contributed by atoms with van der Waals surface area (Å²) in [6, 6.07) is 10.8. The summed E-state index contributed by atoms with van der Waals surface area (Å²) in [5, 5.41) is 4.08. The zero-order valence-corrected chi connectivity index (χ0v) is 19.5. The molecule has 2 aromatic heterocycles. The van der Waals surface area contributed by atoms with E-state index < -0.39 is 0 Å². The molecule has 2 aliphatic rings. The molecule has 0 bridgehead atoms. The van der Waals surface area contributed by atoms with Crippen molar-refractivity contribution in [3.05, 3.63) is 52.0 Å². The normalized spacial score (nSPS) is 20.5. The molecular weight excluding hydrogens is 420 g/mol. The number of hydrogen-bond acceptors (Lipinski definition) is 6. The first-order chi connectivity index (χ1) is 15.5. The van der Waals surface area contributed by atoms with E-state index in [0.29, 0.717) is 16.5 Å². The molecule has 1 aromatic carbocycles. The number of aromatic nitrogens is 1. The average molecular weight is 451 g/mol. The summed E-state index contributed by atoms with van der Waals surface area (Å²) in [6.07, 6.45) is 3.97. The van der Waals surface area contributed by atoms with Crippen LogP contribution < -0.4 is 16.0 Å². The standard InChI is InChI=1S/C25H30N4O2S/c1-15-3-8-21-22(26)23(32-25(21)27-15)24(30)28-19-6-4-18-12-20(7-5-17(18)11-19)29-10-9-16(13-29)14-31-2/h3,5,7-8,12,16,19H,4,6,9-11,13-14,26H2,1-2H3,(H,28,30)/t16-,19+/m1/s1. The van der Waals surface area contributed by atoms with Gasteiger partial charge in [0, 0.05) is 48.9 Å². The minimum atomic E-state index is -0.0884. The van der Waals surface area contributed by atoms with Crippen LogP contribution in [0.25, 0.3) is 10.2 Å². The van der Waals surface area contributed by atoms with Crippen LogP contribution in [0.2, 0.25) is 0 Å². The number of ether oxygens (including phenoxy) is 1. The van der Waals surface area contributed by atoms with Gasteiger partial charge in [-0.2, -0.15) is 0 Å². The van der Waals surface area contributed by atoms with E-state index in [1.54, 1.807) is 7.11 Å². The summed E-state index contributed by atoms with van der Waals surface area (Å²) < 4.78 is 5.33. The van der Waals surface area contributed by atoms with E-state index in [2.05, 4.69) is 33.4 Å². The summed E-state index contributed by atoms with van der Waals surface area (Å²) in [6.45, 7) is 4.94. The average Bonchev–Trinajstić information content (AvgIpc) is 3.38. The molecule has 0 radical (unpaired) electrons. The van der Waals surface area contributed by atoms with Gasteiger partial charge in [-0.05, 0) is 68.0 Å². The zero-order valence-electron chi connectivity index (χ0n) is 18.7. The van der Waals surface area contributed by atoms with Gasteiger partial charge in [-0.25, -0.2) is 4.98 Å². The number of hydrogen-bond donors (Lipinski definition) is 2. The Morgan fingerprint density at radius 3 is 3.00 bits per heavy atom. The molecule has 3 aromatic rings. The van der Waals surface area contributed by atoms with E-state index >= 15 is 0 Å². The molecular formula is C25H30N4O2S. The molecule has 1 amide bonds. The van der Waals surface area contributed by atoms with Gasteiger partial charge in [-0.3, -0.25) is 4.79 Å². The number of amides is 1. The summed E-state index contributed by atoms with van der Waals surface area (Å²) in [5.41, 5.74) is 11.8. The number of methoxy groups -OCH3 is 1. The van der Waals surface area contributed by atoms with Gasteiger partial charge in [-0.15, -0.1) is 11.3 Å². The van der Waals surface area contributed by atoms with E-state index in [1.807, 2.05) is 19.1 Å². The van der Waals surface area contributed by atoms with Crippen molar-refractivity contribution in [3.8, 4) is 0 Å². The number of nitrogens with one attached hydrogen (secondary N) is 1. The molecule has 0 unspecified atom stereocenters. The maximum Gasteiger partial charge on any atom is 0.263 e. The van der Waals surface area contributed by atoms with Gasteiger partial charge in [0.15, 0.2) is 0 Å². The molecule has 0 saturated carbocycles. The molecule has 6 nitrogen and oxygen atoms in total. The number of nitrogens with zero attached hydrogens (tertiary/aromatic N) is 2. The molecule has 1 fully saturated rings. The molecule has 1 aliphatic carbocycles. The predicted molar refractivity (Wildman–Crippen MR) is 131 cm³/mol. The third-order valence-corrected chi connectivity index (χ3v) is 7.86. The van der Waals surface area contributed by atoms with E-state index in [1.165, 1.54) is 34.6 Å².